The molecule has 0 spiro atoms. The summed E-state index contributed by atoms with van der Waals surface area (Å²) in [6.07, 6.45) is 3.60. The quantitative estimate of drug-likeness (QED) is 0.727. The summed E-state index contributed by atoms with van der Waals surface area (Å²) >= 11 is 0. The average molecular weight is 208 g/mol. The Bertz CT molecular complexity index is 434. The van der Waals surface area contributed by atoms with E-state index in [1.165, 1.54) is 0 Å². The molecule has 0 fully saturated rings. The van der Waals surface area contributed by atoms with E-state index in [2.05, 4.69) is 20.5 Å². The van der Waals surface area contributed by atoms with Crippen LogP contribution in [0.25, 0.3) is 0 Å². The highest BCUT2D eigenvalue weighted by atomic mass is 16.4. The summed E-state index contributed by atoms with van der Waals surface area (Å²) in [5, 5.41) is 10.5. The van der Waals surface area contributed by atoms with E-state index in [4.69, 9.17) is 10.2 Å². The summed E-state index contributed by atoms with van der Waals surface area (Å²) < 4.78 is 7.09. The number of rotatable bonds is 4. The zero-order valence-electron chi connectivity index (χ0n) is 8.34. The van der Waals surface area contributed by atoms with Crippen molar-refractivity contribution in [2.75, 3.05) is 5.32 Å². The molecule has 3 N–H and O–H groups in total. The van der Waals surface area contributed by atoms with Gasteiger partial charge in [-0.1, -0.05) is 5.10 Å². The van der Waals surface area contributed by atoms with E-state index in [9.17, 15) is 0 Å². The van der Waals surface area contributed by atoms with Crippen molar-refractivity contribution in [3.8, 4) is 0 Å². The molecule has 2 rings (SSSR count). The minimum atomic E-state index is 0.247. The van der Waals surface area contributed by atoms with Crippen LogP contribution in [0, 0.1) is 0 Å². The van der Waals surface area contributed by atoms with Gasteiger partial charge in [0.15, 0.2) is 0 Å². The number of nitrogens with zero attached hydrogens (tertiary/aromatic N) is 4. The van der Waals surface area contributed by atoms with E-state index in [1.807, 2.05) is 17.8 Å². The number of nitrogens with two attached hydrogens (primary N) is 1. The Morgan fingerprint density at radius 2 is 2.40 bits per heavy atom. The highest BCUT2D eigenvalue weighted by molar-refractivity contribution is 5.17. The van der Waals surface area contributed by atoms with Crippen molar-refractivity contribution in [2.45, 2.75) is 13.1 Å². The first-order chi connectivity index (χ1) is 7.29. The van der Waals surface area contributed by atoms with Crippen LogP contribution in [-0.4, -0.2) is 19.7 Å². The molecule has 0 amide bonds. The van der Waals surface area contributed by atoms with Gasteiger partial charge in [-0.2, -0.15) is 0 Å². The zero-order chi connectivity index (χ0) is 10.7. The third-order valence-electron chi connectivity index (χ3n) is 1.96. The predicted molar refractivity (Wildman–Crippen MR) is 52.7 cm³/mol. The standard InChI is InChI=1S/C8H12N6O/c1-14-3-2-10-6(14)5-11-8-13-12-7(4-9)15-8/h2-3H,4-5,9H2,1H3,(H,11,13). The molecule has 15 heavy (non-hydrogen) atoms. The fourth-order valence-corrected chi connectivity index (χ4v) is 1.13. The molecule has 7 heteroatoms. The Kier molecular flexibility index (Phi) is 2.64. The first-order valence-electron chi connectivity index (χ1n) is 4.52. The Morgan fingerprint density at radius 3 is 3.00 bits per heavy atom. The molecule has 0 aliphatic heterocycles. The molecule has 0 aliphatic rings. The van der Waals surface area contributed by atoms with Crippen LogP contribution in [0.5, 0.6) is 0 Å². The van der Waals surface area contributed by atoms with Crippen LogP contribution in [-0.2, 0) is 20.1 Å². The third kappa shape index (κ3) is 2.13. The monoisotopic (exact) mass is 208 g/mol. The van der Waals surface area contributed by atoms with Gasteiger partial charge in [-0.15, -0.1) is 5.10 Å². The molecule has 2 aromatic heterocycles. The minimum Gasteiger partial charge on any atom is -0.407 e. The highest BCUT2D eigenvalue weighted by Crippen LogP contribution is 2.06. The normalized spacial score (nSPS) is 10.5. The van der Waals surface area contributed by atoms with Crippen LogP contribution in [0.15, 0.2) is 16.8 Å². The Balaban J connectivity index is 1.96. The molecule has 80 valence electrons. The van der Waals surface area contributed by atoms with Gasteiger partial charge >= 0.3 is 6.01 Å². The number of aryl methyl sites for hydroxylation is 1. The zero-order valence-corrected chi connectivity index (χ0v) is 8.34. The van der Waals surface area contributed by atoms with Crippen LogP contribution in [0.1, 0.15) is 11.7 Å². The summed E-state index contributed by atoms with van der Waals surface area (Å²) in [7, 11) is 1.92. The first kappa shape index (κ1) is 9.66. The van der Waals surface area contributed by atoms with Gasteiger partial charge in [0.05, 0.1) is 13.1 Å². The second kappa shape index (κ2) is 4.09. The van der Waals surface area contributed by atoms with Gasteiger partial charge < -0.3 is 20.0 Å². The molecular formula is C8H12N6O. The van der Waals surface area contributed by atoms with E-state index in [0.29, 0.717) is 18.5 Å². The topological polar surface area (TPSA) is 94.8 Å². The molecule has 2 heterocycles. The lowest BCUT2D eigenvalue weighted by Gasteiger charge is -2.00. The molecule has 0 unspecified atom stereocenters. The van der Waals surface area contributed by atoms with Crippen LogP contribution in [0.4, 0.5) is 6.01 Å². The molecule has 0 aromatic carbocycles. The van der Waals surface area contributed by atoms with Crippen molar-refractivity contribution < 1.29 is 4.42 Å². The minimum absolute atomic E-state index is 0.247. The lowest BCUT2D eigenvalue weighted by Crippen LogP contribution is -2.05. The maximum Gasteiger partial charge on any atom is 0.315 e. The van der Waals surface area contributed by atoms with Gasteiger partial charge in [0.1, 0.15) is 5.82 Å². The molecule has 0 aliphatic carbocycles. The van der Waals surface area contributed by atoms with Gasteiger partial charge in [0, 0.05) is 19.4 Å². The van der Waals surface area contributed by atoms with Crippen molar-refractivity contribution >= 4 is 6.01 Å². The number of imidazole rings is 1. The van der Waals surface area contributed by atoms with Gasteiger partial charge in [-0.05, 0) is 0 Å². The van der Waals surface area contributed by atoms with Crippen molar-refractivity contribution in [2.24, 2.45) is 12.8 Å². The second-order valence-corrected chi connectivity index (χ2v) is 3.01. The third-order valence-corrected chi connectivity index (χ3v) is 1.96. The summed E-state index contributed by atoms with van der Waals surface area (Å²) in [6.45, 7) is 0.785. The summed E-state index contributed by atoms with van der Waals surface area (Å²) in [4.78, 5) is 4.14. The van der Waals surface area contributed by atoms with E-state index in [0.717, 1.165) is 5.82 Å². The van der Waals surface area contributed by atoms with Gasteiger partial charge in [0.25, 0.3) is 0 Å². The fourth-order valence-electron chi connectivity index (χ4n) is 1.13. The average Bonchev–Trinajstić information content (AvgIpc) is 2.84. The van der Waals surface area contributed by atoms with Crippen LogP contribution in [0.3, 0.4) is 0 Å². The number of hydrogen-bond donors (Lipinski definition) is 2. The van der Waals surface area contributed by atoms with E-state index in [1.54, 1.807) is 6.20 Å². The molecule has 0 atom stereocenters. The summed E-state index contributed by atoms with van der Waals surface area (Å²) in [5.41, 5.74) is 5.34. The van der Waals surface area contributed by atoms with Crippen molar-refractivity contribution in [3.63, 3.8) is 0 Å². The smallest absolute Gasteiger partial charge is 0.315 e. The lowest BCUT2D eigenvalue weighted by molar-refractivity contribution is 0.506. The number of hydrogen-bond acceptors (Lipinski definition) is 6. The van der Waals surface area contributed by atoms with Gasteiger partial charge in [0.2, 0.25) is 5.89 Å². The highest BCUT2D eigenvalue weighted by Gasteiger charge is 2.04. The molecular weight excluding hydrogens is 196 g/mol. The fraction of sp³-hybridized carbons (Fsp3) is 0.375. The molecule has 0 radical (unpaired) electrons. The van der Waals surface area contributed by atoms with E-state index in [-0.39, 0.29) is 6.54 Å². The Morgan fingerprint density at radius 1 is 1.53 bits per heavy atom. The molecule has 2 aromatic rings. The molecule has 0 bridgehead atoms. The van der Waals surface area contributed by atoms with E-state index < -0.39 is 0 Å². The summed E-state index contributed by atoms with van der Waals surface area (Å²) in [6, 6.07) is 0.360. The van der Waals surface area contributed by atoms with Crippen LogP contribution < -0.4 is 11.1 Å². The maximum absolute atomic E-state index is 5.34. The maximum atomic E-state index is 5.34. The van der Waals surface area contributed by atoms with Crippen LogP contribution >= 0.6 is 0 Å². The lowest BCUT2D eigenvalue weighted by atomic mass is 10.6. The summed E-state index contributed by atoms with van der Waals surface area (Å²) in [5.74, 6) is 1.31. The van der Waals surface area contributed by atoms with Crippen LogP contribution in [0.2, 0.25) is 0 Å². The van der Waals surface area contributed by atoms with Crippen molar-refractivity contribution in [1.29, 1.82) is 0 Å². The number of nitrogens with one attached hydrogen (secondary N) is 1. The molecule has 7 nitrogen and oxygen atoms in total. The van der Waals surface area contributed by atoms with Crippen molar-refractivity contribution in [3.05, 3.63) is 24.1 Å². The molecule has 0 saturated heterocycles. The Labute approximate surface area is 86.3 Å². The SMILES string of the molecule is Cn1ccnc1CNc1nnc(CN)o1. The molecule has 0 saturated carbocycles. The Hall–Kier alpha value is -1.89. The van der Waals surface area contributed by atoms with Crippen molar-refractivity contribution in [1.82, 2.24) is 19.7 Å². The van der Waals surface area contributed by atoms with E-state index >= 15 is 0 Å². The number of anilines is 1. The number of aromatic nitrogens is 4. The predicted octanol–water partition coefficient (Wildman–Crippen LogP) is -0.126. The first-order valence-corrected chi connectivity index (χ1v) is 4.52. The second-order valence-electron chi connectivity index (χ2n) is 3.01. The van der Waals surface area contributed by atoms with Gasteiger partial charge in [-0.3, -0.25) is 0 Å². The van der Waals surface area contributed by atoms with Gasteiger partial charge in [-0.25, -0.2) is 4.98 Å². The largest absolute Gasteiger partial charge is 0.407 e.